The van der Waals surface area contributed by atoms with Crippen LogP contribution >= 0.6 is 22.9 Å². The number of aryl methyl sites for hydroxylation is 1. The zero-order valence-electron chi connectivity index (χ0n) is 15.3. The monoisotopic (exact) mass is 410 g/mol. The molecule has 0 aliphatic rings. The average Bonchev–Trinajstić information content (AvgIpc) is 3.32. The fourth-order valence-corrected chi connectivity index (χ4v) is 3.67. The van der Waals surface area contributed by atoms with Gasteiger partial charge in [-0.25, -0.2) is 4.68 Å². The molecule has 5 nitrogen and oxygen atoms in total. The normalized spacial score (nSPS) is 10.9. The molecular weight excluding hydrogens is 392 g/mol. The number of nitrogens with two attached hydrogens (primary N) is 1. The number of thiophene rings is 1. The Balaban J connectivity index is 1.50. The van der Waals surface area contributed by atoms with Gasteiger partial charge in [0.1, 0.15) is 18.1 Å². The SMILES string of the molecule is Cc1ccc(-c2cn(Cc3ccc(Cl)cc3)nn2)cc1OCc1cscc1N. The first kappa shape index (κ1) is 18.5. The van der Waals surface area contributed by atoms with E-state index in [9.17, 15) is 0 Å². The van der Waals surface area contributed by atoms with Crippen LogP contribution in [0.4, 0.5) is 5.69 Å². The van der Waals surface area contributed by atoms with Gasteiger partial charge in [0.15, 0.2) is 0 Å². The topological polar surface area (TPSA) is 66.0 Å². The van der Waals surface area contributed by atoms with Crippen molar-refractivity contribution in [1.82, 2.24) is 15.0 Å². The minimum atomic E-state index is 0.447. The smallest absolute Gasteiger partial charge is 0.123 e. The van der Waals surface area contributed by atoms with Crippen molar-refractivity contribution in [2.24, 2.45) is 0 Å². The van der Waals surface area contributed by atoms with Gasteiger partial charge in [0, 0.05) is 27.2 Å². The summed E-state index contributed by atoms with van der Waals surface area (Å²) < 4.78 is 7.81. The van der Waals surface area contributed by atoms with E-state index < -0.39 is 0 Å². The summed E-state index contributed by atoms with van der Waals surface area (Å²) in [4.78, 5) is 0. The van der Waals surface area contributed by atoms with E-state index in [0.717, 1.165) is 44.4 Å². The molecule has 2 heterocycles. The van der Waals surface area contributed by atoms with Gasteiger partial charge in [-0.3, -0.25) is 0 Å². The largest absolute Gasteiger partial charge is 0.489 e. The molecule has 0 fully saturated rings. The van der Waals surface area contributed by atoms with Gasteiger partial charge in [-0.2, -0.15) is 0 Å². The molecule has 0 aliphatic carbocycles. The molecule has 4 rings (SSSR count). The van der Waals surface area contributed by atoms with Crippen LogP contribution in [0.5, 0.6) is 5.75 Å². The quantitative estimate of drug-likeness (QED) is 0.475. The Morgan fingerprint density at radius 1 is 1.14 bits per heavy atom. The third-order valence-electron chi connectivity index (χ3n) is 4.44. The number of nitrogen functional groups attached to an aromatic ring is 1. The molecule has 0 radical (unpaired) electrons. The predicted octanol–water partition coefficient (Wildman–Crippen LogP) is 5.18. The third kappa shape index (κ3) is 4.18. The number of aromatic nitrogens is 3. The third-order valence-corrected chi connectivity index (χ3v) is 5.50. The second-order valence-electron chi connectivity index (χ2n) is 6.55. The van der Waals surface area contributed by atoms with Gasteiger partial charge in [-0.1, -0.05) is 41.1 Å². The number of rotatable bonds is 6. The van der Waals surface area contributed by atoms with Gasteiger partial charge >= 0.3 is 0 Å². The van der Waals surface area contributed by atoms with Crippen LogP contribution in [0.3, 0.4) is 0 Å². The second-order valence-corrected chi connectivity index (χ2v) is 7.73. The fourth-order valence-electron chi connectivity index (χ4n) is 2.81. The number of halogens is 1. The number of hydrogen-bond acceptors (Lipinski definition) is 5. The van der Waals surface area contributed by atoms with Crippen LogP contribution in [0.15, 0.2) is 59.4 Å². The highest BCUT2D eigenvalue weighted by Gasteiger charge is 2.09. The van der Waals surface area contributed by atoms with Crippen LogP contribution in [-0.2, 0) is 13.2 Å². The maximum atomic E-state index is 6.00. The number of benzene rings is 2. The zero-order chi connectivity index (χ0) is 19.5. The molecule has 0 bridgehead atoms. The molecular formula is C21H19ClN4OS. The van der Waals surface area contributed by atoms with Gasteiger partial charge in [-0.05, 0) is 41.6 Å². The van der Waals surface area contributed by atoms with Crippen LogP contribution in [-0.4, -0.2) is 15.0 Å². The summed E-state index contributed by atoms with van der Waals surface area (Å²) in [6.07, 6.45) is 1.93. The first-order chi connectivity index (χ1) is 13.6. The number of nitrogens with zero attached hydrogens (tertiary/aromatic N) is 3. The summed E-state index contributed by atoms with van der Waals surface area (Å²) in [6, 6.07) is 13.8. The molecule has 0 saturated heterocycles. The van der Waals surface area contributed by atoms with E-state index in [4.69, 9.17) is 22.1 Å². The molecule has 28 heavy (non-hydrogen) atoms. The van der Waals surface area contributed by atoms with Crippen LogP contribution < -0.4 is 10.5 Å². The maximum Gasteiger partial charge on any atom is 0.123 e. The highest BCUT2D eigenvalue weighted by molar-refractivity contribution is 7.08. The summed E-state index contributed by atoms with van der Waals surface area (Å²) in [7, 11) is 0. The van der Waals surface area contributed by atoms with Gasteiger partial charge in [0.05, 0.1) is 12.7 Å². The number of hydrogen-bond donors (Lipinski definition) is 1. The Hall–Kier alpha value is -2.83. The van der Waals surface area contributed by atoms with Gasteiger partial charge in [0.2, 0.25) is 0 Å². The summed E-state index contributed by atoms with van der Waals surface area (Å²) >= 11 is 7.52. The Morgan fingerprint density at radius 3 is 2.71 bits per heavy atom. The molecule has 0 unspecified atom stereocenters. The van der Waals surface area contributed by atoms with Crippen LogP contribution in [0.25, 0.3) is 11.3 Å². The van der Waals surface area contributed by atoms with Crippen LogP contribution in [0.2, 0.25) is 5.02 Å². The van der Waals surface area contributed by atoms with E-state index in [2.05, 4.69) is 10.3 Å². The van der Waals surface area contributed by atoms with Crippen molar-refractivity contribution < 1.29 is 4.74 Å². The standard InChI is InChI=1S/C21H19ClN4OS/c1-14-2-5-16(8-21(14)27-11-17-12-28-13-19(17)23)20-10-26(25-24-20)9-15-3-6-18(22)7-4-15/h2-8,10,12-13H,9,11,23H2,1H3. The van der Waals surface area contributed by atoms with Crippen molar-refractivity contribution in [1.29, 1.82) is 0 Å². The van der Waals surface area contributed by atoms with E-state index in [1.54, 1.807) is 11.3 Å². The van der Waals surface area contributed by atoms with Crippen molar-refractivity contribution in [3.63, 3.8) is 0 Å². The Labute approximate surface area is 172 Å². The molecule has 2 aromatic heterocycles. The van der Waals surface area contributed by atoms with Crippen molar-refractivity contribution in [3.8, 4) is 17.0 Å². The van der Waals surface area contributed by atoms with Crippen LogP contribution in [0, 0.1) is 6.92 Å². The summed E-state index contributed by atoms with van der Waals surface area (Å²) in [5.74, 6) is 0.815. The van der Waals surface area contributed by atoms with Crippen molar-refractivity contribution in [3.05, 3.63) is 81.1 Å². The van der Waals surface area contributed by atoms with Crippen molar-refractivity contribution in [2.45, 2.75) is 20.1 Å². The Morgan fingerprint density at radius 2 is 1.96 bits per heavy atom. The Bertz CT molecular complexity index is 1090. The van der Waals surface area contributed by atoms with Crippen molar-refractivity contribution in [2.75, 3.05) is 5.73 Å². The summed E-state index contributed by atoms with van der Waals surface area (Å²) in [6.45, 7) is 3.10. The van der Waals surface area contributed by atoms with Crippen molar-refractivity contribution >= 4 is 28.6 Å². The van der Waals surface area contributed by atoms with E-state index in [0.29, 0.717) is 13.2 Å². The molecule has 0 amide bonds. The van der Waals surface area contributed by atoms with E-state index in [1.165, 1.54) is 0 Å². The maximum absolute atomic E-state index is 6.00. The summed E-state index contributed by atoms with van der Waals surface area (Å²) in [5.41, 5.74) is 11.6. The minimum absolute atomic E-state index is 0.447. The lowest BCUT2D eigenvalue weighted by Gasteiger charge is -2.10. The Kier molecular flexibility index (Phi) is 5.32. The van der Waals surface area contributed by atoms with E-state index in [1.807, 2.05) is 71.0 Å². The van der Waals surface area contributed by atoms with Gasteiger partial charge < -0.3 is 10.5 Å². The fraction of sp³-hybridized carbons (Fsp3) is 0.143. The van der Waals surface area contributed by atoms with Gasteiger partial charge in [-0.15, -0.1) is 16.4 Å². The lowest BCUT2D eigenvalue weighted by atomic mass is 10.1. The zero-order valence-corrected chi connectivity index (χ0v) is 16.9. The molecule has 0 saturated carbocycles. The lowest BCUT2D eigenvalue weighted by Crippen LogP contribution is -2.00. The van der Waals surface area contributed by atoms with Gasteiger partial charge in [0.25, 0.3) is 0 Å². The molecule has 0 spiro atoms. The second kappa shape index (κ2) is 8.04. The highest BCUT2D eigenvalue weighted by Crippen LogP contribution is 2.27. The predicted molar refractivity (Wildman–Crippen MR) is 114 cm³/mol. The first-order valence-electron chi connectivity index (χ1n) is 8.77. The molecule has 0 atom stereocenters. The van der Waals surface area contributed by atoms with E-state index in [-0.39, 0.29) is 0 Å². The lowest BCUT2D eigenvalue weighted by molar-refractivity contribution is 0.305. The highest BCUT2D eigenvalue weighted by atomic mass is 35.5. The molecule has 2 N–H and O–H groups in total. The summed E-state index contributed by atoms with van der Waals surface area (Å²) in [5, 5.41) is 13.2. The molecule has 0 aliphatic heterocycles. The molecule has 4 aromatic rings. The molecule has 7 heteroatoms. The molecule has 2 aromatic carbocycles. The first-order valence-corrected chi connectivity index (χ1v) is 10.1. The van der Waals surface area contributed by atoms with Crippen LogP contribution in [0.1, 0.15) is 16.7 Å². The minimum Gasteiger partial charge on any atom is -0.489 e. The average molecular weight is 411 g/mol. The van der Waals surface area contributed by atoms with E-state index >= 15 is 0 Å². The number of anilines is 1. The number of ether oxygens (including phenoxy) is 1. The molecule has 142 valence electrons.